The van der Waals surface area contributed by atoms with Crippen LogP contribution < -0.4 is 16.4 Å². The Morgan fingerprint density at radius 2 is 1.76 bits per heavy atom. The van der Waals surface area contributed by atoms with Gasteiger partial charge in [0.1, 0.15) is 0 Å². The topological polar surface area (TPSA) is 84.2 Å². The van der Waals surface area contributed by atoms with Crippen LogP contribution >= 0.6 is 0 Å². The molecule has 1 aliphatic rings. The standard InChI is InChI=1S/C16H23N3O2/c1-18-14(20)13-7-5-12(6-8-13)11-19-15(21)16(17)9-3-2-4-10-16/h5-8H,2-4,9-11,17H2,1H3,(H,18,20)(H,19,21). The fourth-order valence-electron chi connectivity index (χ4n) is 2.69. The summed E-state index contributed by atoms with van der Waals surface area (Å²) >= 11 is 0. The van der Waals surface area contributed by atoms with E-state index in [0.29, 0.717) is 12.1 Å². The summed E-state index contributed by atoms with van der Waals surface area (Å²) in [5.41, 5.74) is 7.04. The molecular formula is C16H23N3O2. The van der Waals surface area contributed by atoms with Crippen molar-refractivity contribution in [2.24, 2.45) is 5.73 Å². The second-order valence-electron chi connectivity index (χ2n) is 5.68. The Labute approximate surface area is 125 Å². The maximum atomic E-state index is 12.2. The Bertz CT molecular complexity index is 505. The number of carbonyl (C=O) groups excluding carboxylic acids is 2. The van der Waals surface area contributed by atoms with Crippen LogP contribution in [0.5, 0.6) is 0 Å². The molecule has 4 N–H and O–H groups in total. The first-order valence-electron chi connectivity index (χ1n) is 7.43. The fourth-order valence-corrected chi connectivity index (χ4v) is 2.69. The molecule has 0 atom stereocenters. The van der Waals surface area contributed by atoms with Gasteiger partial charge in [0.15, 0.2) is 0 Å². The Hall–Kier alpha value is -1.88. The van der Waals surface area contributed by atoms with Crippen molar-refractivity contribution in [2.75, 3.05) is 7.05 Å². The maximum Gasteiger partial charge on any atom is 0.251 e. The van der Waals surface area contributed by atoms with Crippen LogP contribution in [0.25, 0.3) is 0 Å². The molecule has 0 saturated heterocycles. The summed E-state index contributed by atoms with van der Waals surface area (Å²) in [5.74, 6) is -0.189. The smallest absolute Gasteiger partial charge is 0.251 e. The third-order valence-corrected chi connectivity index (χ3v) is 4.09. The number of hydrogen-bond acceptors (Lipinski definition) is 3. The first kappa shape index (κ1) is 15.5. The lowest BCUT2D eigenvalue weighted by molar-refractivity contribution is -0.127. The molecule has 2 amide bonds. The van der Waals surface area contributed by atoms with Crippen LogP contribution in [-0.2, 0) is 11.3 Å². The molecule has 0 heterocycles. The van der Waals surface area contributed by atoms with Crippen molar-refractivity contribution in [3.05, 3.63) is 35.4 Å². The quantitative estimate of drug-likeness (QED) is 0.781. The van der Waals surface area contributed by atoms with Crippen LogP contribution in [0.15, 0.2) is 24.3 Å². The summed E-state index contributed by atoms with van der Waals surface area (Å²) in [6.45, 7) is 0.436. The van der Waals surface area contributed by atoms with Gasteiger partial charge in [0.05, 0.1) is 5.54 Å². The van der Waals surface area contributed by atoms with E-state index in [2.05, 4.69) is 10.6 Å². The third kappa shape index (κ3) is 3.82. The minimum absolute atomic E-state index is 0.0717. The zero-order valence-electron chi connectivity index (χ0n) is 12.4. The van der Waals surface area contributed by atoms with E-state index in [0.717, 1.165) is 37.7 Å². The van der Waals surface area contributed by atoms with Crippen LogP contribution in [-0.4, -0.2) is 24.4 Å². The number of nitrogens with two attached hydrogens (primary N) is 1. The Balaban J connectivity index is 1.90. The normalized spacial score (nSPS) is 17.0. The second-order valence-corrected chi connectivity index (χ2v) is 5.68. The van der Waals surface area contributed by atoms with Gasteiger partial charge in [-0.05, 0) is 30.5 Å². The highest BCUT2D eigenvalue weighted by Gasteiger charge is 2.34. The van der Waals surface area contributed by atoms with E-state index in [4.69, 9.17) is 5.73 Å². The van der Waals surface area contributed by atoms with Crippen LogP contribution in [0.3, 0.4) is 0 Å². The van der Waals surface area contributed by atoms with E-state index in [-0.39, 0.29) is 11.8 Å². The monoisotopic (exact) mass is 289 g/mol. The highest BCUT2D eigenvalue weighted by molar-refractivity contribution is 5.94. The lowest BCUT2D eigenvalue weighted by Crippen LogP contribution is -2.54. The average molecular weight is 289 g/mol. The van der Waals surface area contributed by atoms with Gasteiger partial charge >= 0.3 is 0 Å². The Kier molecular flexibility index (Phi) is 4.96. The second kappa shape index (κ2) is 6.72. The van der Waals surface area contributed by atoms with Crippen molar-refractivity contribution < 1.29 is 9.59 Å². The van der Waals surface area contributed by atoms with Crippen molar-refractivity contribution in [2.45, 2.75) is 44.2 Å². The van der Waals surface area contributed by atoms with Crippen molar-refractivity contribution >= 4 is 11.8 Å². The average Bonchev–Trinajstić information content (AvgIpc) is 2.53. The molecule has 1 fully saturated rings. The first-order valence-corrected chi connectivity index (χ1v) is 7.43. The predicted molar refractivity (Wildman–Crippen MR) is 81.7 cm³/mol. The lowest BCUT2D eigenvalue weighted by Gasteiger charge is -2.31. The molecule has 1 aliphatic carbocycles. The van der Waals surface area contributed by atoms with Gasteiger partial charge in [-0.25, -0.2) is 0 Å². The molecule has 5 heteroatoms. The van der Waals surface area contributed by atoms with E-state index in [1.54, 1.807) is 19.2 Å². The largest absolute Gasteiger partial charge is 0.355 e. The number of rotatable bonds is 4. The number of benzene rings is 1. The molecule has 0 aliphatic heterocycles. The Morgan fingerprint density at radius 1 is 1.14 bits per heavy atom. The molecule has 0 bridgehead atoms. The summed E-state index contributed by atoms with van der Waals surface area (Å²) in [6, 6.07) is 7.18. The zero-order valence-corrected chi connectivity index (χ0v) is 12.4. The predicted octanol–water partition coefficient (Wildman–Crippen LogP) is 1.32. The molecule has 0 spiro atoms. The number of hydrogen-bond donors (Lipinski definition) is 3. The number of nitrogens with one attached hydrogen (secondary N) is 2. The number of carbonyl (C=O) groups is 2. The molecule has 21 heavy (non-hydrogen) atoms. The molecule has 0 unspecified atom stereocenters. The van der Waals surface area contributed by atoms with E-state index < -0.39 is 5.54 Å². The minimum Gasteiger partial charge on any atom is -0.355 e. The van der Waals surface area contributed by atoms with Crippen molar-refractivity contribution in [3.63, 3.8) is 0 Å². The van der Waals surface area contributed by atoms with Gasteiger partial charge in [-0.3, -0.25) is 9.59 Å². The molecule has 0 radical (unpaired) electrons. The summed E-state index contributed by atoms with van der Waals surface area (Å²) < 4.78 is 0. The third-order valence-electron chi connectivity index (χ3n) is 4.09. The summed E-state index contributed by atoms with van der Waals surface area (Å²) in [5, 5.41) is 5.48. The fraction of sp³-hybridized carbons (Fsp3) is 0.500. The lowest BCUT2D eigenvalue weighted by atomic mass is 9.82. The molecular weight excluding hydrogens is 266 g/mol. The summed E-state index contributed by atoms with van der Waals surface area (Å²) in [4.78, 5) is 23.7. The highest BCUT2D eigenvalue weighted by Crippen LogP contribution is 2.26. The van der Waals surface area contributed by atoms with Gasteiger partial charge in [-0.2, -0.15) is 0 Å². The first-order chi connectivity index (χ1) is 10.0. The van der Waals surface area contributed by atoms with Gasteiger partial charge in [-0.15, -0.1) is 0 Å². The van der Waals surface area contributed by atoms with Crippen LogP contribution in [0.4, 0.5) is 0 Å². The number of amides is 2. The molecule has 2 rings (SSSR count). The van der Waals surface area contributed by atoms with E-state index in [1.807, 2.05) is 12.1 Å². The van der Waals surface area contributed by atoms with Crippen LogP contribution in [0.2, 0.25) is 0 Å². The zero-order chi connectivity index (χ0) is 15.3. The molecule has 1 aromatic carbocycles. The van der Waals surface area contributed by atoms with Gasteiger partial charge in [0, 0.05) is 19.2 Å². The maximum absolute atomic E-state index is 12.2. The molecule has 0 aromatic heterocycles. The minimum atomic E-state index is -0.708. The van der Waals surface area contributed by atoms with Crippen LogP contribution in [0.1, 0.15) is 48.0 Å². The Morgan fingerprint density at radius 3 is 2.33 bits per heavy atom. The highest BCUT2D eigenvalue weighted by atomic mass is 16.2. The summed E-state index contributed by atoms with van der Waals surface area (Å²) in [7, 11) is 1.60. The van der Waals surface area contributed by atoms with Crippen LogP contribution in [0, 0.1) is 0 Å². The van der Waals surface area contributed by atoms with Crippen molar-refractivity contribution in [1.29, 1.82) is 0 Å². The van der Waals surface area contributed by atoms with Gasteiger partial charge in [0.2, 0.25) is 5.91 Å². The van der Waals surface area contributed by atoms with E-state index in [1.165, 1.54) is 0 Å². The van der Waals surface area contributed by atoms with Crippen molar-refractivity contribution in [3.8, 4) is 0 Å². The van der Waals surface area contributed by atoms with Gasteiger partial charge in [0.25, 0.3) is 5.91 Å². The molecule has 1 aromatic rings. The molecule has 5 nitrogen and oxygen atoms in total. The van der Waals surface area contributed by atoms with Gasteiger partial charge in [-0.1, -0.05) is 31.4 Å². The SMILES string of the molecule is CNC(=O)c1ccc(CNC(=O)C2(N)CCCCC2)cc1. The van der Waals surface area contributed by atoms with Crippen molar-refractivity contribution in [1.82, 2.24) is 10.6 Å². The molecule has 114 valence electrons. The van der Waals surface area contributed by atoms with Gasteiger partial charge < -0.3 is 16.4 Å². The van der Waals surface area contributed by atoms with E-state index >= 15 is 0 Å². The molecule has 1 saturated carbocycles. The summed E-state index contributed by atoms with van der Waals surface area (Å²) in [6.07, 6.45) is 4.71. The van der Waals surface area contributed by atoms with E-state index in [9.17, 15) is 9.59 Å².